The van der Waals surface area contributed by atoms with Gasteiger partial charge in [0.1, 0.15) is 17.8 Å². The third kappa shape index (κ3) is 4.76. The van der Waals surface area contributed by atoms with E-state index in [1.807, 2.05) is 0 Å². The number of aliphatic hydroxyl groups excluding tert-OH is 3. The zero-order valence-electron chi connectivity index (χ0n) is 17.8. The van der Waals surface area contributed by atoms with Gasteiger partial charge in [-0.3, -0.25) is 4.79 Å². The summed E-state index contributed by atoms with van der Waals surface area (Å²) in [5.74, 6) is -0.734. The van der Waals surface area contributed by atoms with E-state index in [-0.39, 0.29) is 11.7 Å². The van der Waals surface area contributed by atoms with E-state index in [1.165, 1.54) is 4.31 Å². The summed E-state index contributed by atoms with van der Waals surface area (Å²) in [5.41, 5.74) is -1.70. The Morgan fingerprint density at radius 3 is 2.45 bits per heavy atom. The van der Waals surface area contributed by atoms with E-state index in [2.05, 4.69) is 0 Å². The lowest BCUT2D eigenvalue weighted by atomic mass is 9.63. The minimum atomic E-state index is -3.21. The van der Waals surface area contributed by atoms with E-state index in [1.54, 1.807) is 11.8 Å². The van der Waals surface area contributed by atoms with E-state index in [0.717, 1.165) is 6.42 Å². The first-order valence-corrected chi connectivity index (χ1v) is 12.5. The highest BCUT2D eigenvalue weighted by atomic mass is 32.2. The van der Waals surface area contributed by atoms with Crippen LogP contribution in [0.15, 0.2) is 0 Å². The van der Waals surface area contributed by atoms with Gasteiger partial charge in [-0.1, -0.05) is 6.42 Å². The largest absolute Gasteiger partial charge is 0.394 e. The molecule has 6 unspecified atom stereocenters. The number of nitrogens with zero attached hydrogens (tertiary/aromatic N) is 2. The number of aliphatic hydroxyl groups is 4. The van der Waals surface area contributed by atoms with Crippen molar-refractivity contribution in [3.8, 4) is 0 Å². The number of carbonyl (C=O) groups excluding carboxylic acids is 1. The molecule has 6 atom stereocenters. The van der Waals surface area contributed by atoms with Gasteiger partial charge in [-0.05, 0) is 19.8 Å². The summed E-state index contributed by atoms with van der Waals surface area (Å²) >= 11 is 0. The molecule has 180 valence electrons. The molecule has 0 radical (unpaired) electrons. The van der Waals surface area contributed by atoms with E-state index < -0.39 is 52.8 Å². The Bertz CT molecular complexity index is 728. The van der Waals surface area contributed by atoms with Crippen LogP contribution in [-0.4, -0.2) is 119 Å². The average Bonchev–Trinajstić information content (AvgIpc) is 3.04. The van der Waals surface area contributed by atoms with Gasteiger partial charge >= 0.3 is 0 Å². The van der Waals surface area contributed by atoms with Gasteiger partial charge in [0, 0.05) is 39.2 Å². The van der Waals surface area contributed by atoms with Gasteiger partial charge in [-0.25, -0.2) is 8.42 Å². The lowest BCUT2D eigenvalue weighted by Crippen LogP contribution is -2.73. The van der Waals surface area contributed by atoms with Crippen molar-refractivity contribution in [3.63, 3.8) is 0 Å². The molecule has 0 bridgehead atoms. The highest BCUT2D eigenvalue weighted by molar-refractivity contribution is 7.89. The molecule has 11 nitrogen and oxygen atoms in total. The minimum absolute atomic E-state index is 0.0102. The van der Waals surface area contributed by atoms with Crippen LogP contribution < -0.4 is 0 Å². The number of carbonyl (C=O) groups is 1. The lowest BCUT2D eigenvalue weighted by Gasteiger charge is -2.50. The fraction of sp³-hybridized carbons (Fsp3) is 0.947. The van der Waals surface area contributed by atoms with Gasteiger partial charge in [-0.15, -0.1) is 0 Å². The van der Waals surface area contributed by atoms with Crippen LogP contribution in [0, 0.1) is 5.92 Å². The zero-order chi connectivity index (χ0) is 22.8. The standard InChI is InChI=1S/C19H34N2O9S/c1-2-31(27,28)21-9-7-20(8-10-21)14(23)6-4-3-5-11-29-18-15-16(24)17(25)19(15,26)13(12-22)30-18/h13,15-18,22,24-26H,2-12H2,1H3. The van der Waals surface area contributed by atoms with Crippen molar-refractivity contribution in [2.45, 2.75) is 62.8 Å². The number of hydrogen-bond acceptors (Lipinski definition) is 9. The van der Waals surface area contributed by atoms with Crippen LogP contribution in [0.5, 0.6) is 0 Å². The number of sulfonamides is 1. The molecule has 1 amide bonds. The molecule has 3 fully saturated rings. The molecule has 2 aliphatic heterocycles. The van der Waals surface area contributed by atoms with Crippen LogP contribution >= 0.6 is 0 Å². The second kappa shape index (κ2) is 9.96. The molecule has 0 aromatic carbocycles. The number of piperazine rings is 1. The average molecular weight is 467 g/mol. The van der Waals surface area contributed by atoms with Crippen molar-refractivity contribution in [2.75, 3.05) is 45.1 Å². The minimum Gasteiger partial charge on any atom is -0.394 e. The Labute approximate surface area is 182 Å². The number of ether oxygens (including phenoxy) is 2. The fourth-order valence-electron chi connectivity index (χ4n) is 4.60. The predicted octanol–water partition coefficient (Wildman–Crippen LogP) is -2.14. The maximum Gasteiger partial charge on any atom is 0.222 e. The van der Waals surface area contributed by atoms with Gasteiger partial charge in [0.25, 0.3) is 0 Å². The van der Waals surface area contributed by atoms with Gasteiger partial charge in [0.15, 0.2) is 6.29 Å². The SMILES string of the molecule is CCS(=O)(=O)N1CCN(C(=O)CCCCCOC2OC(CO)C3(O)C(O)C(O)C23)CC1. The summed E-state index contributed by atoms with van der Waals surface area (Å²) < 4.78 is 36.2. The molecular weight excluding hydrogens is 432 g/mol. The summed E-state index contributed by atoms with van der Waals surface area (Å²) in [4.78, 5) is 14.0. The molecule has 2 heterocycles. The summed E-state index contributed by atoms with van der Waals surface area (Å²) in [6.07, 6.45) is -2.05. The number of amides is 1. The molecule has 0 spiro atoms. The van der Waals surface area contributed by atoms with E-state index in [4.69, 9.17) is 9.47 Å². The van der Waals surface area contributed by atoms with Crippen molar-refractivity contribution in [3.05, 3.63) is 0 Å². The third-order valence-electron chi connectivity index (χ3n) is 6.64. The molecule has 3 aliphatic rings. The molecule has 31 heavy (non-hydrogen) atoms. The maximum atomic E-state index is 12.3. The molecule has 2 saturated heterocycles. The van der Waals surface area contributed by atoms with Crippen LogP contribution in [0.4, 0.5) is 0 Å². The maximum absolute atomic E-state index is 12.3. The number of fused-ring (bicyclic) bond motifs is 1. The smallest absolute Gasteiger partial charge is 0.222 e. The number of hydrogen-bond donors (Lipinski definition) is 4. The van der Waals surface area contributed by atoms with Crippen molar-refractivity contribution in [2.24, 2.45) is 5.92 Å². The Kier molecular flexibility index (Phi) is 7.96. The predicted molar refractivity (Wildman–Crippen MR) is 108 cm³/mol. The first-order valence-electron chi connectivity index (χ1n) is 10.9. The van der Waals surface area contributed by atoms with Crippen molar-refractivity contribution < 1.29 is 43.1 Å². The Morgan fingerprint density at radius 2 is 1.84 bits per heavy atom. The van der Waals surface area contributed by atoms with Crippen molar-refractivity contribution >= 4 is 15.9 Å². The summed E-state index contributed by atoms with van der Waals surface area (Å²) in [5, 5.41) is 39.5. The molecule has 0 aromatic rings. The molecule has 1 aliphatic carbocycles. The quantitative estimate of drug-likeness (QED) is 0.264. The van der Waals surface area contributed by atoms with E-state index >= 15 is 0 Å². The highest BCUT2D eigenvalue weighted by Gasteiger charge is 2.72. The van der Waals surface area contributed by atoms with E-state index in [9.17, 15) is 33.6 Å². The van der Waals surface area contributed by atoms with E-state index in [0.29, 0.717) is 52.0 Å². The van der Waals surface area contributed by atoms with Crippen LogP contribution in [0.25, 0.3) is 0 Å². The number of unbranched alkanes of at least 4 members (excludes halogenated alkanes) is 2. The Hall–Kier alpha value is -0.860. The van der Waals surface area contributed by atoms with Crippen LogP contribution in [-0.2, 0) is 24.3 Å². The second-order valence-corrected chi connectivity index (χ2v) is 10.6. The topological polar surface area (TPSA) is 157 Å². The van der Waals surface area contributed by atoms with Crippen LogP contribution in [0.2, 0.25) is 0 Å². The van der Waals surface area contributed by atoms with Crippen molar-refractivity contribution in [1.29, 1.82) is 0 Å². The second-order valence-electron chi connectivity index (χ2n) is 8.39. The summed E-state index contributed by atoms with van der Waals surface area (Å²) in [7, 11) is -3.21. The van der Waals surface area contributed by atoms with Crippen molar-refractivity contribution in [1.82, 2.24) is 9.21 Å². The molecule has 3 rings (SSSR count). The van der Waals surface area contributed by atoms with Gasteiger partial charge in [0.05, 0.1) is 24.4 Å². The zero-order valence-corrected chi connectivity index (χ0v) is 18.6. The summed E-state index contributed by atoms with van der Waals surface area (Å²) in [6, 6.07) is 0. The Balaban J connectivity index is 1.31. The van der Waals surface area contributed by atoms with Gasteiger partial charge in [0.2, 0.25) is 15.9 Å². The molecule has 0 aromatic heterocycles. The molecule has 4 N–H and O–H groups in total. The highest BCUT2D eigenvalue weighted by Crippen LogP contribution is 2.51. The van der Waals surface area contributed by atoms with Crippen LogP contribution in [0.3, 0.4) is 0 Å². The third-order valence-corrected chi connectivity index (χ3v) is 8.52. The normalized spacial score (nSPS) is 36.3. The lowest BCUT2D eigenvalue weighted by molar-refractivity contribution is -0.269. The monoisotopic (exact) mass is 466 g/mol. The molecular formula is C19H34N2O9S. The fourth-order valence-corrected chi connectivity index (χ4v) is 5.69. The first-order chi connectivity index (χ1) is 14.7. The molecule has 1 saturated carbocycles. The van der Waals surface area contributed by atoms with Gasteiger partial charge in [-0.2, -0.15) is 4.31 Å². The first kappa shape index (κ1) is 24.8. The molecule has 12 heteroatoms. The summed E-state index contributed by atoms with van der Waals surface area (Å²) in [6.45, 7) is 2.89. The van der Waals surface area contributed by atoms with Crippen LogP contribution in [0.1, 0.15) is 32.6 Å². The Morgan fingerprint density at radius 1 is 1.16 bits per heavy atom. The number of rotatable bonds is 10. The van der Waals surface area contributed by atoms with Gasteiger partial charge < -0.3 is 34.8 Å².